The molecule has 1 atom stereocenters. The van der Waals surface area contributed by atoms with Crippen LogP contribution in [0.3, 0.4) is 0 Å². The summed E-state index contributed by atoms with van der Waals surface area (Å²) in [5, 5.41) is 0.153. The average Bonchev–Trinajstić information content (AvgIpc) is 2.50. The first-order chi connectivity index (χ1) is 10.8. The van der Waals surface area contributed by atoms with Crippen LogP contribution in [0, 0.1) is 5.82 Å². The van der Waals surface area contributed by atoms with E-state index in [4.69, 9.17) is 16.3 Å². The fourth-order valence-electron chi connectivity index (χ4n) is 1.61. The second-order valence-corrected chi connectivity index (χ2v) is 8.13. The average molecular weight is 354 g/mol. The SMILES string of the molecule is CC(C)(C)[S@+]([O-])/N=C/c1ccc(Cl)c(Oc2ccccc2)c1F. The third-order valence-electron chi connectivity index (χ3n) is 2.85. The van der Waals surface area contributed by atoms with Gasteiger partial charge >= 0.3 is 0 Å². The minimum atomic E-state index is -1.47. The van der Waals surface area contributed by atoms with E-state index in [0.29, 0.717) is 5.75 Å². The van der Waals surface area contributed by atoms with Crippen LogP contribution in [0.1, 0.15) is 26.3 Å². The Hall–Kier alpha value is -1.56. The first kappa shape index (κ1) is 17.8. The van der Waals surface area contributed by atoms with Crippen LogP contribution < -0.4 is 4.74 Å². The maximum atomic E-state index is 14.6. The number of benzene rings is 2. The molecule has 0 saturated carbocycles. The number of hydrogen-bond acceptors (Lipinski definition) is 3. The second-order valence-electron chi connectivity index (χ2n) is 5.79. The van der Waals surface area contributed by atoms with Crippen molar-refractivity contribution in [3.63, 3.8) is 0 Å². The lowest BCUT2D eigenvalue weighted by Crippen LogP contribution is -2.25. The molecule has 6 heteroatoms. The van der Waals surface area contributed by atoms with Gasteiger partial charge in [0, 0.05) is 5.56 Å². The van der Waals surface area contributed by atoms with Gasteiger partial charge in [0.15, 0.2) is 11.6 Å². The van der Waals surface area contributed by atoms with E-state index in [0.717, 1.165) is 0 Å². The third-order valence-corrected chi connectivity index (χ3v) is 4.50. The summed E-state index contributed by atoms with van der Waals surface area (Å²) in [6.45, 7) is 5.38. The van der Waals surface area contributed by atoms with Crippen LogP contribution in [0.2, 0.25) is 5.02 Å². The molecule has 2 aromatic rings. The summed E-state index contributed by atoms with van der Waals surface area (Å²) in [7, 11) is 0. The van der Waals surface area contributed by atoms with E-state index in [1.807, 2.05) is 6.07 Å². The normalized spacial score (nSPS) is 13.3. The highest BCUT2D eigenvalue weighted by molar-refractivity contribution is 7.91. The highest BCUT2D eigenvalue weighted by Gasteiger charge is 2.26. The molecule has 0 heterocycles. The van der Waals surface area contributed by atoms with Gasteiger partial charge in [0.25, 0.3) is 0 Å². The fourth-order valence-corrected chi connectivity index (χ4v) is 2.32. The zero-order valence-corrected chi connectivity index (χ0v) is 14.6. The number of ether oxygens (including phenoxy) is 1. The topological polar surface area (TPSA) is 44.7 Å². The Morgan fingerprint density at radius 1 is 1.17 bits per heavy atom. The van der Waals surface area contributed by atoms with Gasteiger partial charge in [0.1, 0.15) is 21.9 Å². The van der Waals surface area contributed by atoms with Crippen LogP contribution in [0.4, 0.5) is 4.39 Å². The van der Waals surface area contributed by atoms with Gasteiger partial charge in [-0.2, -0.15) is 0 Å². The lowest BCUT2D eigenvalue weighted by Gasteiger charge is -2.17. The van der Waals surface area contributed by atoms with Gasteiger partial charge in [0.05, 0.1) is 11.2 Å². The third kappa shape index (κ3) is 4.70. The molecule has 0 saturated heterocycles. The molecule has 122 valence electrons. The highest BCUT2D eigenvalue weighted by atomic mass is 35.5. The largest absolute Gasteiger partial charge is 0.591 e. The minimum absolute atomic E-state index is 0.0802. The van der Waals surface area contributed by atoms with E-state index in [-0.39, 0.29) is 16.3 Å². The molecule has 23 heavy (non-hydrogen) atoms. The number of rotatable bonds is 4. The van der Waals surface area contributed by atoms with Crippen LogP contribution in [0.15, 0.2) is 46.9 Å². The quantitative estimate of drug-likeness (QED) is 0.563. The second kappa shape index (κ2) is 7.34. The van der Waals surface area contributed by atoms with E-state index in [1.54, 1.807) is 45.0 Å². The van der Waals surface area contributed by atoms with E-state index in [1.165, 1.54) is 18.3 Å². The van der Waals surface area contributed by atoms with E-state index >= 15 is 0 Å². The van der Waals surface area contributed by atoms with Crippen molar-refractivity contribution < 1.29 is 13.7 Å². The van der Waals surface area contributed by atoms with Gasteiger partial charge in [-0.25, -0.2) is 4.39 Å². The molecule has 0 aliphatic heterocycles. The summed E-state index contributed by atoms with van der Waals surface area (Å²) in [5.41, 5.74) is 0.165. The Balaban J connectivity index is 2.30. The number of nitrogens with zero attached hydrogens (tertiary/aromatic N) is 1. The smallest absolute Gasteiger partial charge is 0.182 e. The van der Waals surface area contributed by atoms with Crippen LogP contribution in [-0.4, -0.2) is 15.5 Å². The Morgan fingerprint density at radius 3 is 2.43 bits per heavy atom. The number of halogens is 2. The maximum Gasteiger partial charge on any atom is 0.182 e. The van der Waals surface area contributed by atoms with Crippen molar-refractivity contribution >= 4 is 29.2 Å². The standard InChI is InChI=1S/C17H17ClFNO2S/c1-17(2,3)23(21)20-11-12-9-10-14(18)16(15(12)19)22-13-7-5-4-6-8-13/h4-11H,1-3H3/b20-11+/t23-/m0/s1. The van der Waals surface area contributed by atoms with Crippen LogP contribution >= 0.6 is 11.6 Å². The number of para-hydroxylation sites is 1. The first-order valence-electron chi connectivity index (χ1n) is 6.96. The molecule has 0 spiro atoms. The Morgan fingerprint density at radius 2 is 1.83 bits per heavy atom. The Labute approximate surface area is 143 Å². The molecule has 0 fully saturated rings. The van der Waals surface area contributed by atoms with Crippen LogP contribution in [-0.2, 0) is 11.4 Å². The van der Waals surface area contributed by atoms with Crippen molar-refractivity contribution in [2.24, 2.45) is 4.40 Å². The van der Waals surface area contributed by atoms with Gasteiger partial charge in [-0.15, -0.1) is 0 Å². The summed E-state index contributed by atoms with van der Waals surface area (Å²) >= 11 is 4.55. The van der Waals surface area contributed by atoms with Gasteiger partial charge < -0.3 is 9.29 Å². The summed E-state index contributed by atoms with van der Waals surface area (Å²) in [4.78, 5) is 0. The molecular weight excluding hydrogens is 337 g/mol. The minimum Gasteiger partial charge on any atom is -0.591 e. The predicted molar refractivity (Wildman–Crippen MR) is 93.4 cm³/mol. The summed E-state index contributed by atoms with van der Waals surface area (Å²) < 4.78 is 35.4. The molecule has 0 radical (unpaired) electrons. The van der Waals surface area contributed by atoms with Crippen molar-refractivity contribution in [1.29, 1.82) is 0 Å². The van der Waals surface area contributed by atoms with Crippen LogP contribution in [0.5, 0.6) is 11.5 Å². The molecule has 0 amide bonds. The van der Waals surface area contributed by atoms with E-state index in [2.05, 4.69) is 4.40 Å². The first-order valence-corrected chi connectivity index (χ1v) is 8.44. The summed E-state index contributed by atoms with van der Waals surface area (Å²) in [5.74, 6) is -0.250. The lowest BCUT2D eigenvalue weighted by atomic mass is 10.2. The fraction of sp³-hybridized carbons (Fsp3) is 0.235. The van der Waals surface area contributed by atoms with Crippen LogP contribution in [0.25, 0.3) is 0 Å². The molecule has 0 unspecified atom stereocenters. The van der Waals surface area contributed by atoms with Crippen molar-refractivity contribution in [3.8, 4) is 11.5 Å². The Bertz CT molecular complexity index is 702. The number of hydrogen-bond donors (Lipinski definition) is 0. The molecule has 0 aromatic heterocycles. The molecule has 3 nitrogen and oxygen atoms in total. The molecular formula is C17H17ClFNO2S. The molecule has 0 bridgehead atoms. The molecule has 2 aromatic carbocycles. The lowest BCUT2D eigenvalue weighted by molar-refractivity contribution is 0.442. The van der Waals surface area contributed by atoms with Gasteiger partial charge in [-0.3, -0.25) is 0 Å². The highest BCUT2D eigenvalue weighted by Crippen LogP contribution is 2.33. The molecule has 0 aliphatic carbocycles. The van der Waals surface area contributed by atoms with Gasteiger partial charge in [-0.05, 0) is 45.0 Å². The monoisotopic (exact) mass is 353 g/mol. The molecule has 0 aliphatic rings. The predicted octanol–water partition coefficient (Wildman–Crippen LogP) is 5.15. The van der Waals surface area contributed by atoms with E-state index in [9.17, 15) is 8.94 Å². The van der Waals surface area contributed by atoms with Gasteiger partial charge in [-0.1, -0.05) is 34.2 Å². The van der Waals surface area contributed by atoms with Crippen molar-refractivity contribution in [1.82, 2.24) is 0 Å². The van der Waals surface area contributed by atoms with Crippen molar-refractivity contribution in [3.05, 3.63) is 58.9 Å². The zero-order valence-electron chi connectivity index (χ0n) is 13.0. The Kier molecular flexibility index (Phi) is 5.68. The maximum absolute atomic E-state index is 14.6. The summed E-state index contributed by atoms with van der Waals surface area (Å²) in [6.07, 6.45) is 1.24. The van der Waals surface area contributed by atoms with Crippen molar-refractivity contribution in [2.75, 3.05) is 0 Å². The van der Waals surface area contributed by atoms with Crippen molar-refractivity contribution in [2.45, 2.75) is 25.5 Å². The molecule has 0 N–H and O–H groups in total. The summed E-state index contributed by atoms with van der Waals surface area (Å²) in [6, 6.07) is 11.8. The van der Waals surface area contributed by atoms with Gasteiger partial charge in [0.2, 0.25) is 0 Å². The zero-order chi connectivity index (χ0) is 17.0. The van der Waals surface area contributed by atoms with E-state index < -0.39 is 21.9 Å². The molecule has 2 rings (SSSR count).